The second-order valence-electron chi connectivity index (χ2n) is 5.64. The lowest BCUT2D eigenvalue weighted by Crippen LogP contribution is -2.14. The summed E-state index contributed by atoms with van der Waals surface area (Å²) >= 11 is 2.69. The first-order valence-electron chi connectivity index (χ1n) is 7.64. The molecule has 2 heterocycles. The predicted molar refractivity (Wildman–Crippen MR) is 98.3 cm³/mol. The van der Waals surface area contributed by atoms with E-state index in [0.29, 0.717) is 15.7 Å². The molecule has 3 aromatic rings. The van der Waals surface area contributed by atoms with Gasteiger partial charge in [-0.1, -0.05) is 29.0 Å². The lowest BCUT2D eigenvalue weighted by Gasteiger charge is -2.06. The summed E-state index contributed by atoms with van der Waals surface area (Å²) in [5, 5.41) is 4.69. The molecule has 0 spiro atoms. The Bertz CT molecular complexity index is 994. The number of rotatable bonds is 5. The second-order valence-corrected chi connectivity index (χ2v) is 7.70. The summed E-state index contributed by atoms with van der Waals surface area (Å²) in [5.74, 6) is -0.0905. The van der Waals surface area contributed by atoms with Crippen molar-refractivity contribution in [1.29, 1.82) is 0 Å². The van der Waals surface area contributed by atoms with Crippen LogP contribution in [-0.4, -0.2) is 26.3 Å². The van der Waals surface area contributed by atoms with Gasteiger partial charge in [-0.2, -0.15) is 9.61 Å². The van der Waals surface area contributed by atoms with Gasteiger partial charge < -0.3 is 4.74 Å². The normalized spacial score (nSPS) is 11.0. The zero-order valence-electron chi connectivity index (χ0n) is 14.1. The van der Waals surface area contributed by atoms with Crippen molar-refractivity contribution in [3.8, 4) is 0 Å². The van der Waals surface area contributed by atoms with Crippen LogP contribution < -0.4 is 5.56 Å². The third kappa shape index (κ3) is 4.26. The molecule has 25 heavy (non-hydrogen) atoms. The molecule has 8 heteroatoms. The molecule has 0 radical (unpaired) electrons. The van der Waals surface area contributed by atoms with Crippen molar-refractivity contribution in [2.45, 2.75) is 32.3 Å². The minimum atomic E-state index is -0.319. The molecule has 130 valence electrons. The predicted octanol–water partition coefficient (Wildman–Crippen LogP) is 2.91. The fraction of sp³-hybridized carbons (Fsp3) is 0.294. The summed E-state index contributed by atoms with van der Waals surface area (Å²) < 4.78 is 6.49. The van der Waals surface area contributed by atoms with Crippen molar-refractivity contribution in [1.82, 2.24) is 14.6 Å². The fourth-order valence-electron chi connectivity index (χ4n) is 2.30. The van der Waals surface area contributed by atoms with Crippen LogP contribution in [0.15, 0.2) is 34.0 Å². The smallest absolute Gasteiger partial charge is 0.316 e. The summed E-state index contributed by atoms with van der Waals surface area (Å²) in [6.07, 6.45) is 0. The van der Waals surface area contributed by atoms with Crippen molar-refractivity contribution in [3.05, 3.63) is 56.4 Å². The van der Waals surface area contributed by atoms with Gasteiger partial charge in [0.1, 0.15) is 6.61 Å². The quantitative estimate of drug-likeness (QED) is 0.504. The second kappa shape index (κ2) is 7.37. The van der Waals surface area contributed by atoms with Crippen LogP contribution in [0.1, 0.15) is 21.8 Å². The molecule has 1 aromatic carbocycles. The van der Waals surface area contributed by atoms with Gasteiger partial charge in [0.05, 0.1) is 5.75 Å². The fourth-order valence-corrected chi connectivity index (χ4v) is 3.97. The van der Waals surface area contributed by atoms with Gasteiger partial charge in [0, 0.05) is 16.7 Å². The Hall–Kier alpha value is -2.19. The molecular formula is C17H17N3O3S2. The van der Waals surface area contributed by atoms with Crippen LogP contribution in [0.4, 0.5) is 0 Å². The summed E-state index contributed by atoms with van der Waals surface area (Å²) in [6.45, 7) is 5.85. The number of carbonyl (C=O) groups excluding carboxylic acids is 1. The van der Waals surface area contributed by atoms with Gasteiger partial charge in [-0.25, -0.2) is 4.98 Å². The minimum absolute atomic E-state index is 0.0405. The van der Waals surface area contributed by atoms with Gasteiger partial charge in [0.15, 0.2) is 5.01 Å². The molecule has 6 nitrogen and oxygen atoms in total. The zero-order valence-corrected chi connectivity index (χ0v) is 15.7. The topological polar surface area (TPSA) is 73.6 Å². The molecule has 0 aliphatic heterocycles. The van der Waals surface area contributed by atoms with Crippen LogP contribution >= 0.6 is 23.1 Å². The van der Waals surface area contributed by atoms with Gasteiger partial charge in [-0.3, -0.25) is 9.59 Å². The van der Waals surface area contributed by atoms with Crippen LogP contribution in [0.3, 0.4) is 0 Å². The first-order chi connectivity index (χ1) is 11.9. The molecule has 0 atom stereocenters. The molecule has 2 aromatic heterocycles. The van der Waals surface area contributed by atoms with E-state index in [1.807, 2.05) is 26.0 Å². The Kier molecular flexibility index (Phi) is 5.19. The minimum Gasteiger partial charge on any atom is -0.458 e. The SMILES string of the molecule is Cc1ccc(SCC(=O)OCc2nn3c(=O)cc(C)nc3s2)c(C)c1. The van der Waals surface area contributed by atoms with Crippen LogP contribution in [0.5, 0.6) is 0 Å². The summed E-state index contributed by atoms with van der Waals surface area (Å²) in [5.41, 5.74) is 2.74. The van der Waals surface area contributed by atoms with Gasteiger partial charge >= 0.3 is 5.97 Å². The average molecular weight is 375 g/mol. The van der Waals surface area contributed by atoms with Crippen LogP contribution in [0.2, 0.25) is 0 Å². The molecule has 0 bridgehead atoms. The number of nitrogens with zero attached hydrogens (tertiary/aromatic N) is 3. The Labute approximate surface area is 152 Å². The zero-order chi connectivity index (χ0) is 18.0. The van der Waals surface area contributed by atoms with Crippen LogP contribution in [-0.2, 0) is 16.1 Å². The highest BCUT2D eigenvalue weighted by Crippen LogP contribution is 2.23. The van der Waals surface area contributed by atoms with E-state index < -0.39 is 0 Å². The number of carbonyl (C=O) groups is 1. The van der Waals surface area contributed by atoms with Crippen molar-refractivity contribution in [3.63, 3.8) is 0 Å². The molecule has 0 amide bonds. The Morgan fingerprint density at radius 2 is 2.08 bits per heavy atom. The standard InChI is InChI=1S/C17H17N3O3S2/c1-10-4-5-13(11(2)6-10)24-9-16(22)23-8-14-19-20-15(21)7-12(3)18-17(20)25-14/h4-7H,8-9H2,1-3H3. The molecule has 0 aliphatic rings. The van der Waals surface area contributed by atoms with Crippen molar-refractivity contribution in [2.24, 2.45) is 0 Å². The number of hydrogen-bond acceptors (Lipinski definition) is 7. The summed E-state index contributed by atoms with van der Waals surface area (Å²) in [7, 11) is 0. The number of thioether (sulfide) groups is 1. The van der Waals surface area contributed by atoms with E-state index in [9.17, 15) is 9.59 Å². The van der Waals surface area contributed by atoms with Crippen molar-refractivity contribution in [2.75, 3.05) is 5.75 Å². The Balaban J connectivity index is 1.59. The lowest BCUT2D eigenvalue weighted by molar-refractivity contribution is -0.141. The molecule has 0 fully saturated rings. The molecular weight excluding hydrogens is 358 g/mol. The van der Waals surface area contributed by atoms with Gasteiger partial charge in [-0.05, 0) is 32.4 Å². The van der Waals surface area contributed by atoms with Gasteiger partial charge in [0.25, 0.3) is 5.56 Å². The maximum absolute atomic E-state index is 12.0. The van der Waals surface area contributed by atoms with Crippen LogP contribution in [0, 0.1) is 20.8 Å². The number of ether oxygens (including phenoxy) is 1. The summed E-state index contributed by atoms with van der Waals surface area (Å²) in [4.78, 5) is 29.6. The van der Waals surface area contributed by atoms with E-state index >= 15 is 0 Å². The maximum atomic E-state index is 12.0. The van der Waals surface area contributed by atoms with Crippen molar-refractivity contribution < 1.29 is 9.53 Å². The largest absolute Gasteiger partial charge is 0.458 e. The number of esters is 1. The third-order valence-corrected chi connectivity index (χ3v) is 5.48. The first-order valence-corrected chi connectivity index (χ1v) is 9.44. The van der Waals surface area contributed by atoms with E-state index in [1.165, 1.54) is 39.2 Å². The molecule has 0 N–H and O–H groups in total. The summed E-state index contributed by atoms with van der Waals surface area (Å²) in [6, 6.07) is 7.54. The average Bonchev–Trinajstić information content (AvgIpc) is 2.95. The van der Waals surface area contributed by atoms with E-state index in [-0.39, 0.29) is 23.9 Å². The van der Waals surface area contributed by atoms with Crippen molar-refractivity contribution >= 4 is 34.0 Å². The van der Waals surface area contributed by atoms with Gasteiger partial charge in [0.2, 0.25) is 4.96 Å². The molecule has 3 rings (SSSR count). The monoisotopic (exact) mass is 375 g/mol. The van der Waals surface area contributed by atoms with E-state index in [1.54, 1.807) is 6.92 Å². The number of aromatic nitrogens is 3. The highest BCUT2D eigenvalue weighted by molar-refractivity contribution is 8.00. The highest BCUT2D eigenvalue weighted by atomic mass is 32.2. The van der Waals surface area contributed by atoms with Crippen LogP contribution in [0.25, 0.3) is 4.96 Å². The third-order valence-electron chi connectivity index (χ3n) is 3.45. The molecule has 0 aliphatic carbocycles. The molecule has 0 unspecified atom stereocenters. The van der Waals surface area contributed by atoms with E-state index in [2.05, 4.69) is 16.1 Å². The molecule has 0 saturated heterocycles. The maximum Gasteiger partial charge on any atom is 0.316 e. The number of hydrogen-bond donors (Lipinski definition) is 0. The first kappa shape index (κ1) is 17.6. The lowest BCUT2D eigenvalue weighted by atomic mass is 10.2. The Morgan fingerprint density at radius 3 is 2.84 bits per heavy atom. The van der Waals surface area contributed by atoms with Gasteiger partial charge in [-0.15, -0.1) is 11.8 Å². The molecule has 0 saturated carbocycles. The Morgan fingerprint density at radius 1 is 1.28 bits per heavy atom. The number of benzene rings is 1. The van der Waals surface area contributed by atoms with E-state index in [0.717, 1.165) is 10.5 Å². The number of aryl methyl sites for hydroxylation is 3. The van der Waals surface area contributed by atoms with E-state index in [4.69, 9.17) is 4.74 Å². The highest BCUT2D eigenvalue weighted by Gasteiger charge is 2.11. The number of fused-ring (bicyclic) bond motifs is 1.